The van der Waals surface area contributed by atoms with Crippen molar-refractivity contribution in [3.63, 3.8) is 0 Å². The standard InChI is InChI=1S/C24H29ClN4O/c1-19-26-23-11-4-3-10-22(23)24(30)29(19)13-6-2-5-12-27-14-16-28(17-15-27)21-9-7-8-20(25)18-21/h3-4,7-11,18H,2,5-6,12-17H2,1H3. The fourth-order valence-corrected chi connectivity index (χ4v) is 4.41. The van der Waals surface area contributed by atoms with Crippen molar-refractivity contribution in [3.8, 4) is 0 Å². The van der Waals surface area contributed by atoms with Crippen LogP contribution in [0.5, 0.6) is 0 Å². The summed E-state index contributed by atoms with van der Waals surface area (Å²) in [5.41, 5.74) is 2.08. The number of fused-ring (bicyclic) bond motifs is 1. The third-order valence-corrected chi connectivity index (χ3v) is 6.19. The summed E-state index contributed by atoms with van der Waals surface area (Å²) < 4.78 is 1.83. The Morgan fingerprint density at radius 2 is 1.70 bits per heavy atom. The zero-order valence-corrected chi connectivity index (χ0v) is 18.3. The molecule has 0 aliphatic carbocycles. The highest BCUT2D eigenvalue weighted by Crippen LogP contribution is 2.21. The van der Waals surface area contributed by atoms with E-state index in [1.165, 1.54) is 5.69 Å². The molecule has 4 rings (SSSR count). The average molecular weight is 425 g/mol. The highest BCUT2D eigenvalue weighted by molar-refractivity contribution is 6.30. The fraction of sp³-hybridized carbons (Fsp3) is 0.417. The van der Waals surface area contributed by atoms with Crippen molar-refractivity contribution < 1.29 is 0 Å². The number of anilines is 1. The van der Waals surface area contributed by atoms with Gasteiger partial charge in [-0.15, -0.1) is 0 Å². The zero-order valence-electron chi connectivity index (χ0n) is 17.6. The normalized spacial score (nSPS) is 15.1. The largest absolute Gasteiger partial charge is 0.369 e. The molecule has 1 fully saturated rings. The summed E-state index contributed by atoms with van der Waals surface area (Å²) in [6.07, 6.45) is 3.28. The van der Waals surface area contributed by atoms with Crippen LogP contribution in [0.4, 0.5) is 5.69 Å². The number of halogens is 1. The lowest BCUT2D eigenvalue weighted by Gasteiger charge is -2.36. The Morgan fingerprint density at radius 3 is 2.50 bits per heavy atom. The first kappa shape index (κ1) is 20.9. The maximum atomic E-state index is 12.7. The smallest absolute Gasteiger partial charge is 0.261 e. The molecule has 2 aromatic carbocycles. The molecular formula is C24H29ClN4O. The Kier molecular flexibility index (Phi) is 6.70. The maximum Gasteiger partial charge on any atom is 0.261 e. The first-order valence-corrected chi connectivity index (χ1v) is 11.2. The van der Waals surface area contributed by atoms with E-state index in [0.29, 0.717) is 5.39 Å². The second kappa shape index (κ2) is 9.63. The highest BCUT2D eigenvalue weighted by atomic mass is 35.5. The van der Waals surface area contributed by atoms with Gasteiger partial charge in [0.05, 0.1) is 10.9 Å². The first-order chi connectivity index (χ1) is 14.6. The van der Waals surface area contributed by atoms with Gasteiger partial charge in [-0.05, 0) is 56.6 Å². The maximum absolute atomic E-state index is 12.7. The summed E-state index contributed by atoms with van der Waals surface area (Å²) in [6.45, 7) is 8.03. The van der Waals surface area contributed by atoms with E-state index in [9.17, 15) is 4.79 Å². The quantitative estimate of drug-likeness (QED) is 0.529. The van der Waals surface area contributed by atoms with Gasteiger partial charge in [-0.2, -0.15) is 0 Å². The first-order valence-electron chi connectivity index (χ1n) is 10.8. The van der Waals surface area contributed by atoms with Crippen molar-refractivity contribution in [2.24, 2.45) is 0 Å². The van der Waals surface area contributed by atoms with Crippen molar-refractivity contribution in [1.29, 1.82) is 0 Å². The average Bonchev–Trinajstić information content (AvgIpc) is 2.76. The van der Waals surface area contributed by atoms with Crippen LogP contribution in [-0.4, -0.2) is 47.2 Å². The SMILES string of the molecule is Cc1nc2ccccc2c(=O)n1CCCCCN1CCN(c2cccc(Cl)c2)CC1. The second-order valence-electron chi connectivity index (χ2n) is 8.00. The number of rotatable bonds is 7. The second-order valence-corrected chi connectivity index (χ2v) is 8.44. The van der Waals surface area contributed by atoms with Crippen molar-refractivity contribution in [2.45, 2.75) is 32.7 Å². The third-order valence-electron chi connectivity index (χ3n) is 5.95. The van der Waals surface area contributed by atoms with Gasteiger partial charge < -0.3 is 4.90 Å². The number of aryl methyl sites for hydroxylation is 1. The van der Waals surface area contributed by atoms with Crippen molar-refractivity contribution >= 4 is 28.2 Å². The molecule has 0 radical (unpaired) electrons. The molecule has 0 N–H and O–H groups in total. The Bertz CT molecular complexity index is 1060. The predicted octanol–water partition coefficient (Wildman–Crippen LogP) is 4.35. The number of aromatic nitrogens is 2. The number of piperazine rings is 1. The number of para-hydroxylation sites is 1. The van der Waals surface area contributed by atoms with E-state index >= 15 is 0 Å². The Morgan fingerprint density at radius 1 is 0.933 bits per heavy atom. The third kappa shape index (κ3) is 4.85. The van der Waals surface area contributed by atoms with Gasteiger partial charge in [-0.1, -0.05) is 36.2 Å². The molecule has 1 aliphatic heterocycles. The molecule has 2 heterocycles. The monoisotopic (exact) mass is 424 g/mol. The molecule has 5 nitrogen and oxygen atoms in total. The van der Waals surface area contributed by atoms with Crippen LogP contribution in [0.2, 0.25) is 5.02 Å². The lowest BCUT2D eigenvalue weighted by Crippen LogP contribution is -2.46. The van der Waals surface area contributed by atoms with E-state index < -0.39 is 0 Å². The van der Waals surface area contributed by atoms with E-state index in [1.54, 1.807) is 0 Å². The summed E-state index contributed by atoms with van der Waals surface area (Å²) in [6, 6.07) is 15.7. The summed E-state index contributed by atoms with van der Waals surface area (Å²) in [5.74, 6) is 0.802. The molecule has 0 amide bonds. The molecule has 158 valence electrons. The van der Waals surface area contributed by atoms with Gasteiger partial charge in [0.2, 0.25) is 0 Å². The van der Waals surface area contributed by atoms with Crippen LogP contribution in [0.3, 0.4) is 0 Å². The van der Waals surface area contributed by atoms with Crippen molar-refractivity contribution in [1.82, 2.24) is 14.5 Å². The van der Waals surface area contributed by atoms with E-state index in [-0.39, 0.29) is 5.56 Å². The number of nitrogens with zero attached hydrogens (tertiary/aromatic N) is 4. The van der Waals surface area contributed by atoms with Crippen LogP contribution >= 0.6 is 11.6 Å². The van der Waals surface area contributed by atoms with Crippen LogP contribution in [0.15, 0.2) is 53.3 Å². The van der Waals surface area contributed by atoms with Gasteiger partial charge >= 0.3 is 0 Å². The van der Waals surface area contributed by atoms with Gasteiger partial charge in [0.15, 0.2) is 0 Å². The summed E-state index contributed by atoms with van der Waals surface area (Å²) in [5, 5.41) is 1.51. The van der Waals surface area contributed by atoms with Gasteiger partial charge in [0.25, 0.3) is 5.56 Å². The van der Waals surface area contributed by atoms with Gasteiger partial charge in [-0.3, -0.25) is 14.3 Å². The molecule has 1 aromatic heterocycles. The molecule has 0 unspecified atom stereocenters. The van der Waals surface area contributed by atoms with Gasteiger partial charge in [0.1, 0.15) is 5.82 Å². The van der Waals surface area contributed by atoms with E-state index in [0.717, 1.165) is 74.9 Å². The summed E-state index contributed by atoms with van der Waals surface area (Å²) >= 11 is 6.12. The Labute approximate surface area is 182 Å². The van der Waals surface area contributed by atoms with Gasteiger partial charge in [-0.25, -0.2) is 4.98 Å². The number of benzene rings is 2. The molecule has 0 bridgehead atoms. The molecule has 6 heteroatoms. The molecule has 3 aromatic rings. The van der Waals surface area contributed by atoms with Crippen molar-refractivity contribution in [3.05, 3.63) is 69.7 Å². The molecule has 30 heavy (non-hydrogen) atoms. The lowest BCUT2D eigenvalue weighted by atomic mass is 10.2. The number of hydrogen-bond donors (Lipinski definition) is 0. The number of hydrogen-bond acceptors (Lipinski definition) is 4. The zero-order chi connectivity index (χ0) is 20.9. The van der Waals surface area contributed by atoms with Crippen LogP contribution < -0.4 is 10.5 Å². The van der Waals surface area contributed by atoms with Crippen LogP contribution in [0.25, 0.3) is 10.9 Å². The van der Waals surface area contributed by atoms with Gasteiger partial charge in [0, 0.05) is 43.4 Å². The number of unbranched alkanes of at least 4 members (excludes halogenated alkanes) is 2. The van der Waals surface area contributed by atoms with E-state index in [2.05, 4.69) is 20.9 Å². The van der Waals surface area contributed by atoms with Crippen LogP contribution in [0, 0.1) is 6.92 Å². The molecule has 0 atom stereocenters. The van der Waals surface area contributed by atoms with E-state index in [1.807, 2.05) is 54.0 Å². The minimum absolute atomic E-state index is 0.0789. The Balaban J connectivity index is 1.21. The minimum Gasteiger partial charge on any atom is -0.369 e. The lowest BCUT2D eigenvalue weighted by molar-refractivity contribution is 0.251. The molecular weight excluding hydrogens is 396 g/mol. The van der Waals surface area contributed by atoms with Crippen LogP contribution in [0.1, 0.15) is 25.1 Å². The van der Waals surface area contributed by atoms with E-state index in [4.69, 9.17) is 11.6 Å². The summed E-state index contributed by atoms with van der Waals surface area (Å²) in [7, 11) is 0. The van der Waals surface area contributed by atoms with Crippen molar-refractivity contribution in [2.75, 3.05) is 37.6 Å². The molecule has 1 aliphatic rings. The van der Waals surface area contributed by atoms with Crippen LogP contribution in [-0.2, 0) is 6.54 Å². The highest BCUT2D eigenvalue weighted by Gasteiger charge is 2.17. The molecule has 0 saturated carbocycles. The topological polar surface area (TPSA) is 41.4 Å². The minimum atomic E-state index is 0.0789. The Hall–Kier alpha value is -2.37. The molecule has 1 saturated heterocycles. The predicted molar refractivity (Wildman–Crippen MR) is 125 cm³/mol. The summed E-state index contributed by atoms with van der Waals surface area (Å²) in [4.78, 5) is 22.3. The fourth-order valence-electron chi connectivity index (χ4n) is 4.23. The molecule has 0 spiro atoms.